The standard InChI is InChI=1S/C15H21N3S/c1-2-7-16-12-4-3-8-18(10-12)13-5-6-14-15(9-13)19-11-17-14/h5-6,9,11-12,16H,2-4,7-8,10H2,1H3. The second-order valence-corrected chi connectivity index (χ2v) is 6.13. The van der Waals surface area contributed by atoms with Gasteiger partial charge in [-0.1, -0.05) is 6.92 Å². The van der Waals surface area contributed by atoms with Crippen molar-refractivity contribution < 1.29 is 0 Å². The molecule has 3 rings (SSSR count). The average Bonchev–Trinajstić information content (AvgIpc) is 2.92. The Hall–Kier alpha value is -1.13. The molecule has 3 nitrogen and oxygen atoms in total. The molecule has 4 heteroatoms. The number of aromatic nitrogens is 1. The van der Waals surface area contributed by atoms with Gasteiger partial charge in [0, 0.05) is 24.8 Å². The quantitative estimate of drug-likeness (QED) is 0.928. The molecule has 0 saturated carbocycles. The maximum Gasteiger partial charge on any atom is 0.0813 e. The van der Waals surface area contributed by atoms with Crippen LogP contribution < -0.4 is 10.2 Å². The molecule has 2 aromatic rings. The van der Waals surface area contributed by atoms with Gasteiger partial charge in [0.05, 0.1) is 15.7 Å². The van der Waals surface area contributed by atoms with Crippen molar-refractivity contribution in [2.45, 2.75) is 32.2 Å². The zero-order valence-electron chi connectivity index (χ0n) is 11.4. The van der Waals surface area contributed by atoms with Gasteiger partial charge >= 0.3 is 0 Å². The molecule has 0 radical (unpaired) electrons. The van der Waals surface area contributed by atoms with Gasteiger partial charge in [-0.05, 0) is 44.0 Å². The van der Waals surface area contributed by atoms with Crippen molar-refractivity contribution in [1.82, 2.24) is 10.3 Å². The lowest BCUT2D eigenvalue weighted by atomic mass is 10.0. The fourth-order valence-corrected chi connectivity index (χ4v) is 3.48. The highest BCUT2D eigenvalue weighted by molar-refractivity contribution is 7.16. The van der Waals surface area contributed by atoms with E-state index >= 15 is 0 Å². The maximum absolute atomic E-state index is 4.35. The summed E-state index contributed by atoms with van der Waals surface area (Å²) in [6.45, 7) is 5.66. The van der Waals surface area contributed by atoms with Crippen LogP contribution in [0.5, 0.6) is 0 Å². The number of anilines is 1. The zero-order valence-corrected chi connectivity index (χ0v) is 12.2. The fraction of sp³-hybridized carbons (Fsp3) is 0.533. The van der Waals surface area contributed by atoms with Gasteiger partial charge in [-0.3, -0.25) is 0 Å². The third kappa shape index (κ3) is 2.90. The van der Waals surface area contributed by atoms with Crippen molar-refractivity contribution in [3.8, 4) is 0 Å². The molecule has 1 unspecified atom stereocenters. The highest BCUT2D eigenvalue weighted by Crippen LogP contribution is 2.26. The van der Waals surface area contributed by atoms with Gasteiger partial charge in [0.15, 0.2) is 0 Å². The van der Waals surface area contributed by atoms with Crippen LogP contribution >= 0.6 is 11.3 Å². The number of nitrogens with one attached hydrogen (secondary N) is 1. The molecule has 0 aliphatic carbocycles. The number of nitrogens with zero attached hydrogens (tertiary/aromatic N) is 2. The molecule has 1 fully saturated rings. The molecule has 1 N–H and O–H groups in total. The van der Waals surface area contributed by atoms with Crippen molar-refractivity contribution in [2.75, 3.05) is 24.5 Å². The Morgan fingerprint density at radius 2 is 2.42 bits per heavy atom. The van der Waals surface area contributed by atoms with E-state index in [2.05, 4.69) is 40.3 Å². The van der Waals surface area contributed by atoms with Crippen LogP contribution in [0, 0.1) is 0 Å². The van der Waals surface area contributed by atoms with Gasteiger partial charge in [-0.15, -0.1) is 11.3 Å². The van der Waals surface area contributed by atoms with Crippen LogP contribution in [0.2, 0.25) is 0 Å². The molecule has 0 spiro atoms. The predicted octanol–water partition coefficient (Wildman–Crippen LogP) is 3.26. The number of benzene rings is 1. The summed E-state index contributed by atoms with van der Waals surface area (Å²) in [5, 5.41) is 3.65. The normalized spacial score (nSPS) is 20.1. The molecule has 1 atom stereocenters. The number of fused-ring (bicyclic) bond motifs is 1. The van der Waals surface area contributed by atoms with Crippen molar-refractivity contribution in [2.24, 2.45) is 0 Å². The first-order valence-corrected chi connectivity index (χ1v) is 8.06. The Bertz CT molecular complexity index is 537. The van der Waals surface area contributed by atoms with Crippen molar-refractivity contribution in [1.29, 1.82) is 0 Å². The van der Waals surface area contributed by atoms with E-state index in [9.17, 15) is 0 Å². The molecule has 0 bridgehead atoms. The number of piperidine rings is 1. The lowest BCUT2D eigenvalue weighted by Crippen LogP contribution is -2.46. The van der Waals surface area contributed by atoms with E-state index in [1.165, 1.54) is 36.2 Å². The molecule has 1 aromatic heterocycles. The molecule has 1 aliphatic rings. The van der Waals surface area contributed by atoms with Crippen LogP contribution in [-0.2, 0) is 0 Å². The van der Waals surface area contributed by atoms with E-state index in [1.807, 2.05) is 5.51 Å². The lowest BCUT2D eigenvalue weighted by Gasteiger charge is -2.35. The third-order valence-corrected chi connectivity index (χ3v) is 4.58. The smallest absolute Gasteiger partial charge is 0.0813 e. The molecule has 1 aromatic carbocycles. The van der Waals surface area contributed by atoms with Gasteiger partial charge in [0.1, 0.15) is 0 Å². The minimum Gasteiger partial charge on any atom is -0.370 e. The molecule has 2 heterocycles. The SMILES string of the molecule is CCCNC1CCCN(c2ccc3ncsc3c2)C1. The lowest BCUT2D eigenvalue weighted by molar-refractivity contribution is 0.423. The molecular weight excluding hydrogens is 254 g/mol. The summed E-state index contributed by atoms with van der Waals surface area (Å²) < 4.78 is 1.29. The van der Waals surface area contributed by atoms with Crippen LogP contribution in [0.3, 0.4) is 0 Å². The fourth-order valence-electron chi connectivity index (χ4n) is 2.77. The molecule has 0 amide bonds. The van der Waals surface area contributed by atoms with E-state index in [0.29, 0.717) is 6.04 Å². The minimum absolute atomic E-state index is 0.644. The number of hydrogen-bond donors (Lipinski definition) is 1. The monoisotopic (exact) mass is 275 g/mol. The van der Waals surface area contributed by atoms with Crippen molar-refractivity contribution >= 4 is 27.2 Å². The van der Waals surface area contributed by atoms with E-state index in [-0.39, 0.29) is 0 Å². The van der Waals surface area contributed by atoms with Crippen LogP contribution in [0.15, 0.2) is 23.7 Å². The first-order chi connectivity index (χ1) is 9.36. The topological polar surface area (TPSA) is 28.2 Å². The van der Waals surface area contributed by atoms with E-state index < -0.39 is 0 Å². The van der Waals surface area contributed by atoms with Gasteiger partial charge in [0.2, 0.25) is 0 Å². The summed E-state index contributed by atoms with van der Waals surface area (Å²) in [5.41, 5.74) is 4.39. The van der Waals surface area contributed by atoms with Crippen LogP contribution in [0.25, 0.3) is 10.2 Å². The van der Waals surface area contributed by atoms with Crippen molar-refractivity contribution in [3.63, 3.8) is 0 Å². The average molecular weight is 275 g/mol. The number of rotatable bonds is 4. The summed E-state index contributed by atoms with van der Waals surface area (Å²) in [5.74, 6) is 0. The molecule has 102 valence electrons. The molecular formula is C15H21N3S. The Morgan fingerprint density at radius 3 is 3.32 bits per heavy atom. The van der Waals surface area contributed by atoms with Crippen LogP contribution in [0.4, 0.5) is 5.69 Å². The first kappa shape index (κ1) is 12.9. The molecule has 1 aliphatic heterocycles. The zero-order chi connectivity index (χ0) is 13.1. The summed E-state index contributed by atoms with van der Waals surface area (Å²) in [4.78, 5) is 6.86. The number of hydrogen-bond acceptors (Lipinski definition) is 4. The molecule has 19 heavy (non-hydrogen) atoms. The second-order valence-electron chi connectivity index (χ2n) is 5.24. The van der Waals surface area contributed by atoms with E-state index in [0.717, 1.165) is 18.6 Å². The van der Waals surface area contributed by atoms with E-state index in [1.54, 1.807) is 11.3 Å². The summed E-state index contributed by atoms with van der Waals surface area (Å²) in [7, 11) is 0. The Kier molecular flexibility index (Phi) is 3.99. The highest BCUT2D eigenvalue weighted by atomic mass is 32.1. The van der Waals surface area contributed by atoms with Crippen LogP contribution in [0.1, 0.15) is 26.2 Å². The van der Waals surface area contributed by atoms with Crippen LogP contribution in [-0.4, -0.2) is 30.7 Å². The highest BCUT2D eigenvalue weighted by Gasteiger charge is 2.19. The third-order valence-electron chi connectivity index (χ3n) is 3.78. The Morgan fingerprint density at radius 1 is 1.47 bits per heavy atom. The summed E-state index contributed by atoms with van der Waals surface area (Å²) in [6.07, 6.45) is 3.80. The minimum atomic E-state index is 0.644. The first-order valence-electron chi connectivity index (χ1n) is 7.18. The Balaban J connectivity index is 1.73. The van der Waals surface area contributed by atoms with Gasteiger partial charge < -0.3 is 10.2 Å². The van der Waals surface area contributed by atoms with Gasteiger partial charge in [-0.2, -0.15) is 0 Å². The van der Waals surface area contributed by atoms with E-state index in [4.69, 9.17) is 0 Å². The number of thiazole rings is 1. The summed E-state index contributed by atoms with van der Waals surface area (Å²) in [6, 6.07) is 7.29. The predicted molar refractivity (Wildman–Crippen MR) is 83.1 cm³/mol. The van der Waals surface area contributed by atoms with Gasteiger partial charge in [0.25, 0.3) is 0 Å². The largest absolute Gasteiger partial charge is 0.370 e. The van der Waals surface area contributed by atoms with Gasteiger partial charge in [-0.25, -0.2) is 4.98 Å². The van der Waals surface area contributed by atoms with Crippen molar-refractivity contribution in [3.05, 3.63) is 23.7 Å². The summed E-state index contributed by atoms with van der Waals surface area (Å²) >= 11 is 1.73. The maximum atomic E-state index is 4.35. The molecule has 1 saturated heterocycles. The second kappa shape index (κ2) is 5.88. The Labute approximate surface area is 118 Å².